The van der Waals surface area contributed by atoms with E-state index in [1.807, 2.05) is 19.0 Å². The zero-order chi connectivity index (χ0) is 16.4. The van der Waals surface area contributed by atoms with Gasteiger partial charge in [-0.25, -0.2) is 9.97 Å². The number of hydrogen-bond acceptors (Lipinski definition) is 6. The number of likely N-dealkylation sites (N-methyl/N-ethyl adjacent to an activating group) is 1. The van der Waals surface area contributed by atoms with Gasteiger partial charge in [0.25, 0.3) is 0 Å². The number of aromatic nitrogens is 2. The van der Waals surface area contributed by atoms with Gasteiger partial charge in [-0.05, 0) is 26.4 Å². The number of rotatable bonds is 3. The Hall–Kier alpha value is -1.60. The van der Waals surface area contributed by atoms with Crippen molar-refractivity contribution in [2.75, 3.05) is 57.0 Å². The fraction of sp³-hybridized carbons (Fsp3) is 0.667. The zero-order valence-electron chi connectivity index (χ0n) is 13.6. The van der Waals surface area contributed by atoms with Crippen molar-refractivity contribution >= 4 is 29.0 Å². The molecule has 1 amide bonds. The number of hydrogen-bond donors (Lipinski definition) is 1. The lowest BCUT2D eigenvalue weighted by Gasteiger charge is -2.37. The average Bonchev–Trinajstić information content (AvgIpc) is 3.00. The minimum absolute atomic E-state index is 0.0583. The first-order valence-electron chi connectivity index (χ1n) is 8.04. The molecule has 3 rings (SSSR count). The molecule has 7 nitrogen and oxygen atoms in total. The normalized spacial score (nSPS) is 22.5. The van der Waals surface area contributed by atoms with Crippen molar-refractivity contribution in [3.8, 4) is 0 Å². The van der Waals surface area contributed by atoms with Crippen LogP contribution in [0.1, 0.15) is 12.8 Å². The maximum atomic E-state index is 12.6. The molecule has 3 heterocycles. The Morgan fingerprint density at radius 3 is 2.61 bits per heavy atom. The third-order valence-corrected chi connectivity index (χ3v) is 5.01. The zero-order valence-corrected chi connectivity index (χ0v) is 14.4. The quantitative estimate of drug-likeness (QED) is 0.827. The molecule has 0 aliphatic carbocycles. The number of nitrogens with zero attached hydrogens (tertiary/aromatic N) is 5. The van der Waals surface area contributed by atoms with E-state index < -0.39 is 0 Å². The van der Waals surface area contributed by atoms with E-state index in [0.29, 0.717) is 18.2 Å². The summed E-state index contributed by atoms with van der Waals surface area (Å²) in [6.07, 6.45) is 3.56. The SMILES string of the molecule is CNc1c(Cl)ncnc1N1CCN(C(=O)C2CCCN2C)CC1. The molecule has 0 bridgehead atoms. The van der Waals surface area contributed by atoms with E-state index in [1.54, 1.807) is 0 Å². The van der Waals surface area contributed by atoms with Crippen LogP contribution in [0.15, 0.2) is 6.33 Å². The molecular weight excluding hydrogens is 316 g/mol. The second-order valence-electron chi connectivity index (χ2n) is 6.06. The summed E-state index contributed by atoms with van der Waals surface area (Å²) in [5, 5.41) is 3.48. The fourth-order valence-electron chi connectivity index (χ4n) is 3.38. The van der Waals surface area contributed by atoms with Gasteiger partial charge in [0.2, 0.25) is 5.91 Å². The molecule has 1 aromatic rings. The van der Waals surface area contributed by atoms with Gasteiger partial charge < -0.3 is 15.1 Å². The molecule has 2 saturated heterocycles. The molecule has 23 heavy (non-hydrogen) atoms. The van der Waals surface area contributed by atoms with Gasteiger partial charge in [-0.15, -0.1) is 0 Å². The van der Waals surface area contributed by atoms with E-state index in [4.69, 9.17) is 11.6 Å². The summed E-state index contributed by atoms with van der Waals surface area (Å²) in [5.41, 5.74) is 0.740. The van der Waals surface area contributed by atoms with Gasteiger partial charge in [-0.2, -0.15) is 0 Å². The maximum absolute atomic E-state index is 12.6. The highest BCUT2D eigenvalue weighted by Crippen LogP contribution is 2.29. The van der Waals surface area contributed by atoms with Gasteiger partial charge in [0.1, 0.15) is 12.0 Å². The molecular formula is C15H23ClN6O. The molecule has 126 valence electrons. The Kier molecular flexibility index (Phi) is 4.87. The number of piperazine rings is 1. The van der Waals surface area contributed by atoms with Crippen LogP contribution in [-0.2, 0) is 4.79 Å². The predicted octanol–water partition coefficient (Wildman–Crippen LogP) is 0.914. The Morgan fingerprint density at radius 2 is 2.00 bits per heavy atom. The first kappa shape index (κ1) is 16.3. The van der Waals surface area contributed by atoms with Crippen LogP contribution in [0.4, 0.5) is 11.5 Å². The summed E-state index contributed by atoms with van der Waals surface area (Å²) in [4.78, 5) is 27.3. The molecule has 0 saturated carbocycles. The predicted molar refractivity (Wildman–Crippen MR) is 91.0 cm³/mol. The van der Waals surface area contributed by atoms with Crippen molar-refractivity contribution in [3.05, 3.63) is 11.5 Å². The molecule has 1 atom stereocenters. The van der Waals surface area contributed by atoms with Gasteiger partial charge in [-0.3, -0.25) is 9.69 Å². The standard InChI is InChI=1S/C15H23ClN6O/c1-17-12-13(16)18-10-19-14(12)21-6-8-22(9-7-21)15(23)11-4-3-5-20(11)2/h10-11,17H,3-9H2,1-2H3. The van der Waals surface area contributed by atoms with Crippen molar-refractivity contribution < 1.29 is 4.79 Å². The smallest absolute Gasteiger partial charge is 0.240 e. The number of halogens is 1. The molecule has 1 aromatic heterocycles. The summed E-state index contributed by atoms with van der Waals surface area (Å²) in [6.45, 7) is 3.96. The first-order chi connectivity index (χ1) is 11.1. The molecule has 0 aromatic carbocycles. The van der Waals surface area contributed by atoms with Crippen LogP contribution in [0, 0.1) is 0 Å². The van der Waals surface area contributed by atoms with Crippen LogP contribution in [-0.4, -0.2) is 78.5 Å². The second-order valence-corrected chi connectivity index (χ2v) is 6.42. The van der Waals surface area contributed by atoms with E-state index in [2.05, 4.69) is 25.1 Å². The topological polar surface area (TPSA) is 64.6 Å². The fourth-order valence-corrected chi connectivity index (χ4v) is 3.60. The lowest BCUT2D eigenvalue weighted by Crippen LogP contribution is -2.53. The van der Waals surface area contributed by atoms with E-state index in [1.165, 1.54) is 6.33 Å². The van der Waals surface area contributed by atoms with Crippen molar-refractivity contribution in [2.24, 2.45) is 0 Å². The minimum Gasteiger partial charge on any atom is -0.383 e. The van der Waals surface area contributed by atoms with Crippen LogP contribution in [0.5, 0.6) is 0 Å². The summed E-state index contributed by atoms with van der Waals surface area (Å²) < 4.78 is 0. The van der Waals surface area contributed by atoms with E-state index in [0.717, 1.165) is 44.0 Å². The summed E-state index contributed by atoms with van der Waals surface area (Å²) in [7, 11) is 3.84. The Labute approximate surface area is 141 Å². The van der Waals surface area contributed by atoms with Gasteiger partial charge >= 0.3 is 0 Å². The second kappa shape index (κ2) is 6.88. The Balaban J connectivity index is 1.65. The highest BCUT2D eigenvalue weighted by atomic mass is 35.5. The van der Waals surface area contributed by atoms with Crippen LogP contribution in [0.25, 0.3) is 0 Å². The van der Waals surface area contributed by atoms with Crippen LogP contribution < -0.4 is 10.2 Å². The lowest BCUT2D eigenvalue weighted by molar-refractivity contribution is -0.135. The summed E-state index contributed by atoms with van der Waals surface area (Å²) in [5.74, 6) is 1.07. The number of amides is 1. The van der Waals surface area contributed by atoms with Gasteiger partial charge in [0.05, 0.1) is 6.04 Å². The highest BCUT2D eigenvalue weighted by Gasteiger charge is 2.33. The van der Waals surface area contributed by atoms with Gasteiger partial charge in [0.15, 0.2) is 11.0 Å². The van der Waals surface area contributed by atoms with Gasteiger partial charge in [0, 0.05) is 33.2 Å². The van der Waals surface area contributed by atoms with Crippen LogP contribution >= 0.6 is 11.6 Å². The number of carbonyl (C=O) groups is 1. The molecule has 1 unspecified atom stereocenters. The third-order valence-electron chi connectivity index (χ3n) is 4.73. The highest BCUT2D eigenvalue weighted by molar-refractivity contribution is 6.32. The Morgan fingerprint density at radius 1 is 1.26 bits per heavy atom. The largest absolute Gasteiger partial charge is 0.383 e. The number of likely N-dealkylation sites (tertiary alicyclic amines) is 1. The van der Waals surface area contributed by atoms with Crippen molar-refractivity contribution in [1.82, 2.24) is 19.8 Å². The lowest BCUT2D eigenvalue weighted by atomic mass is 10.1. The number of nitrogens with one attached hydrogen (secondary N) is 1. The van der Waals surface area contributed by atoms with E-state index in [9.17, 15) is 4.79 Å². The first-order valence-corrected chi connectivity index (χ1v) is 8.42. The number of carbonyl (C=O) groups excluding carboxylic acids is 1. The molecule has 0 radical (unpaired) electrons. The molecule has 1 N–H and O–H groups in total. The third kappa shape index (κ3) is 3.21. The molecule has 8 heteroatoms. The molecule has 2 aliphatic heterocycles. The van der Waals surface area contributed by atoms with Crippen molar-refractivity contribution in [1.29, 1.82) is 0 Å². The molecule has 2 aliphatic rings. The molecule has 0 spiro atoms. The van der Waals surface area contributed by atoms with E-state index >= 15 is 0 Å². The van der Waals surface area contributed by atoms with Crippen molar-refractivity contribution in [2.45, 2.75) is 18.9 Å². The summed E-state index contributed by atoms with van der Waals surface area (Å²) >= 11 is 6.12. The van der Waals surface area contributed by atoms with Crippen LogP contribution in [0.3, 0.4) is 0 Å². The molecule has 2 fully saturated rings. The monoisotopic (exact) mass is 338 g/mol. The Bertz CT molecular complexity index is 575. The van der Waals surface area contributed by atoms with Crippen LogP contribution in [0.2, 0.25) is 5.15 Å². The van der Waals surface area contributed by atoms with Gasteiger partial charge in [-0.1, -0.05) is 11.6 Å². The summed E-state index contributed by atoms with van der Waals surface area (Å²) in [6, 6.07) is 0.0583. The van der Waals surface area contributed by atoms with Crippen molar-refractivity contribution in [3.63, 3.8) is 0 Å². The number of anilines is 2. The minimum atomic E-state index is 0.0583. The maximum Gasteiger partial charge on any atom is 0.240 e. The van der Waals surface area contributed by atoms with E-state index in [-0.39, 0.29) is 11.9 Å². The average molecular weight is 339 g/mol.